The van der Waals surface area contributed by atoms with Gasteiger partial charge in [0.15, 0.2) is 0 Å². The summed E-state index contributed by atoms with van der Waals surface area (Å²) in [5.41, 5.74) is 2.54. The Kier molecular flexibility index (Phi) is 4.20. The van der Waals surface area contributed by atoms with Crippen molar-refractivity contribution in [3.63, 3.8) is 0 Å². The molecule has 0 aliphatic heterocycles. The zero-order chi connectivity index (χ0) is 15.5. The Hall–Kier alpha value is -2.21. The second-order valence-electron chi connectivity index (χ2n) is 5.42. The average Bonchev–Trinajstić information content (AvgIpc) is 3.15. The number of rotatable bonds is 5. The van der Waals surface area contributed by atoms with Crippen LogP contribution >= 0.6 is 11.3 Å². The normalized spacial score (nSPS) is 13.7. The van der Waals surface area contributed by atoms with Crippen LogP contribution in [0.5, 0.6) is 0 Å². The van der Waals surface area contributed by atoms with Crippen molar-refractivity contribution >= 4 is 28.8 Å². The smallest absolute Gasteiger partial charge is 0.226 e. The first-order valence-corrected chi connectivity index (χ1v) is 8.10. The molecule has 1 heterocycles. The molecule has 0 atom stereocenters. The minimum absolute atomic E-state index is 0.0420. The molecular formula is C16H17N3O2S. The number of carbonyl (C=O) groups excluding carboxylic acids is 2. The summed E-state index contributed by atoms with van der Waals surface area (Å²) in [6.07, 6.45) is 2.51. The Morgan fingerprint density at radius 2 is 2.00 bits per heavy atom. The molecule has 1 aliphatic carbocycles. The summed E-state index contributed by atoms with van der Waals surface area (Å²) in [5, 5.41) is 8.49. The molecule has 5 nitrogen and oxygen atoms in total. The lowest BCUT2D eigenvalue weighted by Gasteiger charge is -2.02. The van der Waals surface area contributed by atoms with Gasteiger partial charge in [0.1, 0.15) is 5.01 Å². The zero-order valence-corrected chi connectivity index (χ0v) is 13.1. The Morgan fingerprint density at radius 1 is 1.27 bits per heavy atom. The number of benzene rings is 1. The topological polar surface area (TPSA) is 71.1 Å². The van der Waals surface area contributed by atoms with Crippen LogP contribution in [0, 0.1) is 0 Å². The number of carbonyl (C=O) groups is 2. The quantitative estimate of drug-likeness (QED) is 0.891. The molecule has 1 aliphatic rings. The number of nitrogens with one attached hydrogen (secondary N) is 2. The van der Waals surface area contributed by atoms with Gasteiger partial charge < -0.3 is 10.6 Å². The van der Waals surface area contributed by atoms with Gasteiger partial charge in [-0.3, -0.25) is 9.59 Å². The first-order valence-electron chi connectivity index (χ1n) is 7.22. The summed E-state index contributed by atoms with van der Waals surface area (Å²) in [7, 11) is 0. The lowest BCUT2D eigenvalue weighted by atomic mass is 10.2. The van der Waals surface area contributed by atoms with Gasteiger partial charge in [0.05, 0.1) is 12.1 Å². The molecule has 0 radical (unpaired) electrons. The molecule has 1 fully saturated rings. The van der Waals surface area contributed by atoms with Crippen molar-refractivity contribution in [3.8, 4) is 10.6 Å². The van der Waals surface area contributed by atoms with Crippen molar-refractivity contribution in [1.82, 2.24) is 10.3 Å². The van der Waals surface area contributed by atoms with Crippen LogP contribution in [0.4, 0.5) is 5.69 Å². The molecule has 0 saturated heterocycles. The van der Waals surface area contributed by atoms with E-state index in [0.717, 1.165) is 34.8 Å². The summed E-state index contributed by atoms with van der Waals surface area (Å²) in [5.74, 6) is -0.0497. The summed E-state index contributed by atoms with van der Waals surface area (Å²) in [4.78, 5) is 27.3. The van der Waals surface area contributed by atoms with Crippen molar-refractivity contribution < 1.29 is 9.59 Å². The van der Waals surface area contributed by atoms with E-state index in [2.05, 4.69) is 15.6 Å². The largest absolute Gasteiger partial charge is 0.353 e. The van der Waals surface area contributed by atoms with E-state index in [1.165, 1.54) is 18.3 Å². The van der Waals surface area contributed by atoms with Gasteiger partial charge >= 0.3 is 0 Å². The molecule has 2 amide bonds. The van der Waals surface area contributed by atoms with Crippen LogP contribution in [0.2, 0.25) is 0 Å². The van der Waals surface area contributed by atoms with Crippen LogP contribution in [-0.2, 0) is 16.0 Å². The minimum atomic E-state index is -0.0917. The standard InChI is InChI=1S/C16H17N3O2S/c1-10(20)17-12-4-2-11(3-5-12)16-19-14(9-22-16)8-15(21)18-13-6-7-13/h2-5,9,13H,6-8H2,1H3,(H,17,20)(H,18,21). The van der Waals surface area contributed by atoms with Gasteiger partial charge in [0, 0.05) is 29.6 Å². The molecule has 1 saturated carbocycles. The molecule has 0 bridgehead atoms. The van der Waals surface area contributed by atoms with E-state index >= 15 is 0 Å². The fraction of sp³-hybridized carbons (Fsp3) is 0.312. The number of nitrogens with zero attached hydrogens (tertiary/aromatic N) is 1. The second kappa shape index (κ2) is 6.27. The van der Waals surface area contributed by atoms with Crippen LogP contribution in [0.25, 0.3) is 10.6 Å². The number of aromatic nitrogens is 1. The zero-order valence-electron chi connectivity index (χ0n) is 12.3. The van der Waals surface area contributed by atoms with Crippen molar-refractivity contribution in [2.75, 3.05) is 5.32 Å². The maximum absolute atomic E-state index is 11.8. The average molecular weight is 315 g/mol. The minimum Gasteiger partial charge on any atom is -0.353 e. The molecule has 0 spiro atoms. The number of hydrogen-bond acceptors (Lipinski definition) is 4. The van der Waals surface area contributed by atoms with Gasteiger partial charge in [0.2, 0.25) is 11.8 Å². The summed E-state index contributed by atoms with van der Waals surface area (Å²) < 4.78 is 0. The van der Waals surface area contributed by atoms with E-state index in [1.54, 1.807) is 0 Å². The van der Waals surface area contributed by atoms with Crippen molar-refractivity contribution in [2.45, 2.75) is 32.2 Å². The van der Waals surface area contributed by atoms with Crippen LogP contribution in [0.15, 0.2) is 29.6 Å². The van der Waals surface area contributed by atoms with E-state index in [0.29, 0.717) is 12.5 Å². The maximum atomic E-state index is 11.8. The van der Waals surface area contributed by atoms with E-state index in [9.17, 15) is 9.59 Å². The number of amides is 2. The van der Waals surface area contributed by atoms with Gasteiger partial charge in [-0.2, -0.15) is 0 Å². The van der Waals surface area contributed by atoms with E-state index in [4.69, 9.17) is 0 Å². The molecule has 1 aromatic carbocycles. The third kappa shape index (κ3) is 3.92. The Bertz CT molecular complexity index is 690. The Labute approximate surface area is 132 Å². The molecule has 114 valence electrons. The SMILES string of the molecule is CC(=O)Nc1ccc(-c2nc(CC(=O)NC3CC3)cs2)cc1. The Morgan fingerprint density at radius 3 is 2.64 bits per heavy atom. The third-order valence-corrected chi connectivity index (χ3v) is 4.23. The summed E-state index contributed by atoms with van der Waals surface area (Å²) in [6.45, 7) is 1.48. The second-order valence-corrected chi connectivity index (χ2v) is 6.28. The van der Waals surface area contributed by atoms with Crippen molar-refractivity contribution in [2.24, 2.45) is 0 Å². The lowest BCUT2D eigenvalue weighted by molar-refractivity contribution is -0.120. The molecule has 0 unspecified atom stereocenters. The Balaban J connectivity index is 1.64. The van der Waals surface area contributed by atoms with Crippen LogP contribution < -0.4 is 10.6 Å². The fourth-order valence-corrected chi connectivity index (χ4v) is 2.92. The van der Waals surface area contributed by atoms with Gasteiger partial charge in [-0.05, 0) is 37.1 Å². The molecule has 1 aromatic heterocycles. The highest BCUT2D eigenvalue weighted by Gasteiger charge is 2.23. The molecule has 2 aromatic rings. The van der Waals surface area contributed by atoms with Crippen LogP contribution in [0.3, 0.4) is 0 Å². The molecule has 22 heavy (non-hydrogen) atoms. The monoisotopic (exact) mass is 315 g/mol. The molecule has 3 rings (SSSR count). The predicted molar refractivity (Wildman–Crippen MR) is 86.7 cm³/mol. The summed E-state index contributed by atoms with van der Waals surface area (Å²) >= 11 is 1.52. The number of anilines is 1. The van der Waals surface area contributed by atoms with Gasteiger partial charge in [-0.1, -0.05) is 0 Å². The van der Waals surface area contributed by atoms with E-state index in [1.807, 2.05) is 29.6 Å². The first-order chi connectivity index (χ1) is 10.6. The van der Waals surface area contributed by atoms with Gasteiger partial charge in [-0.25, -0.2) is 4.98 Å². The van der Waals surface area contributed by atoms with Crippen LogP contribution in [0.1, 0.15) is 25.5 Å². The van der Waals surface area contributed by atoms with E-state index < -0.39 is 0 Å². The highest BCUT2D eigenvalue weighted by molar-refractivity contribution is 7.13. The third-order valence-electron chi connectivity index (χ3n) is 3.29. The van der Waals surface area contributed by atoms with Gasteiger partial charge in [-0.15, -0.1) is 11.3 Å². The maximum Gasteiger partial charge on any atom is 0.226 e. The number of hydrogen-bond donors (Lipinski definition) is 2. The highest BCUT2D eigenvalue weighted by Crippen LogP contribution is 2.25. The van der Waals surface area contributed by atoms with Gasteiger partial charge in [0.25, 0.3) is 0 Å². The van der Waals surface area contributed by atoms with Crippen molar-refractivity contribution in [1.29, 1.82) is 0 Å². The summed E-state index contributed by atoms with van der Waals surface area (Å²) in [6, 6.07) is 7.90. The fourth-order valence-electron chi connectivity index (χ4n) is 2.09. The van der Waals surface area contributed by atoms with E-state index in [-0.39, 0.29) is 11.8 Å². The molecule has 2 N–H and O–H groups in total. The first kappa shape index (κ1) is 14.7. The highest BCUT2D eigenvalue weighted by atomic mass is 32.1. The van der Waals surface area contributed by atoms with Crippen LogP contribution in [-0.4, -0.2) is 22.8 Å². The predicted octanol–water partition coefficient (Wildman–Crippen LogP) is 2.59. The van der Waals surface area contributed by atoms with Crippen molar-refractivity contribution in [3.05, 3.63) is 35.3 Å². The number of thiazole rings is 1. The molecule has 6 heteroatoms. The lowest BCUT2D eigenvalue weighted by Crippen LogP contribution is -2.27. The molecular weight excluding hydrogens is 298 g/mol.